The average Bonchev–Trinajstić information content (AvgIpc) is 3.69. The maximum Gasteiger partial charge on any atom is 0.319 e. The van der Waals surface area contributed by atoms with Gasteiger partial charge in [0.15, 0.2) is 5.82 Å². The summed E-state index contributed by atoms with van der Waals surface area (Å²) in [6.07, 6.45) is 8.95. The molecule has 6 nitrogen and oxygen atoms in total. The summed E-state index contributed by atoms with van der Waals surface area (Å²) >= 11 is 0. The zero-order chi connectivity index (χ0) is 28.3. The normalized spacial score (nSPS) is 22.5. The summed E-state index contributed by atoms with van der Waals surface area (Å²) < 4.78 is 51.7. The van der Waals surface area contributed by atoms with Gasteiger partial charge in [-0.05, 0) is 67.4 Å². The van der Waals surface area contributed by atoms with Gasteiger partial charge in [0.2, 0.25) is 0 Å². The molecule has 3 aliphatic heterocycles. The van der Waals surface area contributed by atoms with Crippen molar-refractivity contribution in [1.29, 1.82) is 0 Å². The molecule has 1 unspecified atom stereocenters. The van der Waals surface area contributed by atoms with E-state index in [0.29, 0.717) is 34.9 Å². The molecule has 7 rings (SSSR count). The van der Waals surface area contributed by atoms with Crippen LogP contribution in [0.3, 0.4) is 0 Å². The number of phenols is 1. The monoisotopic (exact) mass is 558 g/mol. The smallest absolute Gasteiger partial charge is 0.319 e. The zero-order valence-corrected chi connectivity index (χ0v) is 22.5. The molecule has 3 aliphatic rings. The van der Waals surface area contributed by atoms with Gasteiger partial charge in [0.05, 0.1) is 11.1 Å². The Morgan fingerprint density at radius 3 is 2.68 bits per heavy atom. The van der Waals surface area contributed by atoms with E-state index in [1.165, 1.54) is 24.3 Å². The molecule has 1 N–H and O–H groups in total. The van der Waals surface area contributed by atoms with E-state index in [1.807, 2.05) is 0 Å². The van der Waals surface area contributed by atoms with Crippen molar-refractivity contribution in [2.75, 3.05) is 37.7 Å². The number of aromatic hydroxyl groups is 1. The fraction of sp³-hybridized carbons (Fsp3) is 0.375. The van der Waals surface area contributed by atoms with Crippen molar-refractivity contribution in [1.82, 2.24) is 14.9 Å². The lowest BCUT2D eigenvalue weighted by Gasteiger charge is -2.31. The van der Waals surface area contributed by atoms with Gasteiger partial charge in [-0.15, -0.1) is 6.42 Å². The van der Waals surface area contributed by atoms with Gasteiger partial charge in [-0.1, -0.05) is 18.1 Å². The fourth-order valence-corrected chi connectivity index (χ4v) is 6.99. The van der Waals surface area contributed by atoms with Crippen LogP contribution in [0.4, 0.5) is 19.0 Å². The first kappa shape index (κ1) is 25.9. The summed E-state index contributed by atoms with van der Waals surface area (Å²) in [5.74, 6) is 1.60. The van der Waals surface area contributed by atoms with Crippen LogP contribution in [0.15, 0.2) is 36.4 Å². The molecule has 0 bridgehead atoms. The maximum atomic E-state index is 16.6. The van der Waals surface area contributed by atoms with E-state index in [1.54, 1.807) is 12.1 Å². The molecule has 0 aliphatic carbocycles. The number of hydrogen-bond acceptors (Lipinski definition) is 6. The molecule has 41 heavy (non-hydrogen) atoms. The minimum absolute atomic E-state index is 0.00966. The van der Waals surface area contributed by atoms with E-state index in [-0.39, 0.29) is 40.6 Å². The summed E-state index contributed by atoms with van der Waals surface area (Å²) in [5, 5.41) is 11.8. The molecule has 4 aromatic rings. The first-order chi connectivity index (χ1) is 19.9. The molecule has 9 heteroatoms. The highest BCUT2D eigenvalue weighted by atomic mass is 19.1. The predicted octanol–water partition coefficient (Wildman–Crippen LogP) is 5.97. The van der Waals surface area contributed by atoms with Gasteiger partial charge in [-0.2, -0.15) is 9.97 Å². The molecule has 2 atom stereocenters. The number of phenolic OH excluding ortho intramolecular Hbond substituents is 1. The van der Waals surface area contributed by atoms with Crippen LogP contribution in [0.2, 0.25) is 0 Å². The summed E-state index contributed by atoms with van der Waals surface area (Å²) in [7, 11) is 0. The van der Waals surface area contributed by atoms with Crippen LogP contribution in [0.25, 0.3) is 32.8 Å². The average molecular weight is 559 g/mol. The lowest BCUT2D eigenvalue weighted by atomic mass is 9.93. The minimum atomic E-state index is -0.897. The Balaban J connectivity index is 1.38. The Bertz CT molecular complexity index is 1730. The number of fused-ring (bicyclic) bond motifs is 3. The minimum Gasteiger partial charge on any atom is -0.508 e. The Labute approximate surface area is 235 Å². The van der Waals surface area contributed by atoms with Gasteiger partial charge in [0.25, 0.3) is 0 Å². The SMILES string of the molecule is C#Cc1c(F)ccc2cc(O)cc(-c3ccc4c(N5CCCC5)nc(OCC56CCCN5C[C@H](F)C6)nc4c3F)c12. The summed E-state index contributed by atoms with van der Waals surface area (Å²) in [6.45, 7) is 3.01. The summed E-state index contributed by atoms with van der Waals surface area (Å²) in [4.78, 5) is 13.5. The number of benzene rings is 3. The van der Waals surface area contributed by atoms with E-state index < -0.39 is 23.3 Å². The molecule has 3 fully saturated rings. The highest BCUT2D eigenvalue weighted by Gasteiger charge is 2.49. The lowest BCUT2D eigenvalue weighted by Crippen LogP contribution is -2.43. The number of ether oxygens (including phenoxy) is 1. The molecule has 0 amide bonds. The third-order valence-corrected chi connectivity index (χ3v) is 8.89. The van der Waals surface area contributed by atoms with Crippen LogP contribution in [0.5, 0.6) is 11.8 Å². The topological polar surface area (TPSA) is 61.7 Å². The largest absolute Gasteiger partial charge is 0.508 e. The van der Waals surface area contributed by atoms with Crippen molar-refractivity contribution < 1.29 is 23.0 Å². The van der Waals surface area contributed by atoms with Gasteiger partial charge in [0, 0.05) is 42.4 Å². The van der Waals surface area contributed by atoms with Crippen LogP contribution in [-0.4, -0.2) is 64.5 Å². The van der Waals surface area contributed by atoms with Crippen molar-refractivity contribution in [2.45, 2.75) is 43.8 Å². The number of aromatic nitrogens is 2. The number of hydrogen-bond donors (Lipinski definition) is 1. The van der Waals surface area contributed by atoms with Crippen LogP contribution < -0.4 is 9.64 Å². The Morgan fingerprint density at radius 1 is 1.05 bits per heavy atom. The van der Waals surface area contributed by atoms with Crippen LogP contribution in [0, 0.1) is 24.0 Å². The second-order valence-electron chi connectivity index (χ2n) is 11.4. The van der Waals surface area contributed by atoms with Crippen LogP contribution in [-0.2, 0) is 0 Å². The summed E-state index contributed by atoms with van der Waals surface area (Å²) in [5.41, 5.74) is 0.0252. The quantitative estimate of drug-likeness (QED) is 0.305. The van der Waals surface area contributed by atoms with E-state index in [9.17, 15) is 13.9 Å². The second-order valence-corrected chi connectivity index (χ2v) is 11.4. The molecular formula is C32H29F3N4O2. The first-order valence-electron chi connectivity index (χ1n) is 14.1. The highest BCUT2D eigenvalue weighted by Crippen LogP contribution is 2.42. The highest BCUT2D eigenvalue weighted by molar-refractivity contribution is 6.04. The number of rotatable bonds is 5. The van der Waals surface area contributed by atoms with Crippen LogP contribution in [0.1, 0.15) is 37.7 Å². The third kappa shape index (κ3) is 4.24. The standard InChI is InChI=1S/C32H29F3N4O2/c1-2-22-26(34)9-6-19-14-21(40)15-25(27(19)22)23-7-8-24-29(28(23)35)36-31(37-30(24)38-11-3-4-12-38)41-18-32-10-5-13-39(32)17-20(33)16-32/h1,6-9,14-15,20,40H,3-5,10-13,16-18H2/t20-,32?/m1/s1. The van der Waals surface area contributed by atoms with Gasteiger partial charge in [0.1, 0.15) is 35.7 Å². The van der Waals surface area contributed by atoms with E-state index >= 15 is 4.39 Å². The van der Waals surface area contributed by atoms with Gasteiger partial charge < -0.3 is 14.7 Å². The number of alkyl halides is 1. The van der Waals surface area contributed by atoms with Gasteiger partial charge in [-0.3, -0.25) is 4.90 Å². The molecule has 4 heterocycles. The molecule has 0 radical (unpaired) electrons. The summed E-state index contributed by atoms with van der Waals surface area (Å²) in [6, 6.07) is 8.97. The maximum absolute atomic E-state index is 16.6. The molecule has 1 aromatic heterocycles. The van der Waals surface area contributed by atoms with Crippen molar-refractivity contribution in [3.63, 3.8) is 0 Å². The molecule has 210 valence electrons. The van der Waals surface area contributed by atoms with E-state index in [0.717, 1.165) is 45.3 Å². The van der Waals surface area contributed by atoms with Gasteiger partial charge >= 0.3 is 6.01 Å². The van der Waals surface area contributed by atoms with Crippen molar-refractivity contribution in [3.05, 3.63) is 53.6 Å². The van der Waals surface area contributed by atoms with Crippen molar-refractivity contribution in [2.24, 2.45) is 0 Å². The zero-order valence-electron chi connectivity index (χ0n) is 22.5. The predicted molar refractivity (Wildman–Crippen MR) is 152 cm³/mol. The van der Waals surface area contributed by atoms with Gasteiger partial charge in [-0.25, -0.2) is 13.2 Å². The number of anilines is 1. The fourth-order valence-electron chi connectivity index (χ4n) is 6.99. The lowest BCUT2D eigenvalue weighted by molar-refractivity contribution is 0.107. The van der Waals surface area contributed by atoms with E-state index in [4.69, 9.17) is 16.1 Å². The number of terminal acetylenes is 1. The van der Waals surface area contributed by atoms with Crippen molar-refractivity contribution in [3.8, 4) is 35.2 Å². The van der Waals surface area contributed by atoms with E-state index in [2.05, 4.69) is 20.7 Å². The van der Waals surface area contributed by atoms with Crippen LogP contribution >= 0.6 is 0 Å². The third-order valence-electron chi connectivity index (χ3n) is 8.89. The van der Waals surface area contributed by atoms with Crippen molar-refractivity contribution >= 4 is 27.5 Å². The Kier molecular flexibility index (Phi) is 6.20. The molecule has 0 spiro atoms. The number of nitrogens with zero attached hydrogens (tertiary/aromatic N) is 4. The molecule has 3 aromatic carbocycles. The molecular weight excluding hydrogens is 529 g/mol. The Morgan fingerprint density at radius 2 is 1.88 bits per heavy atom. The first-order valence-corrected chi connectivity index (χ1v) is 14.1. The second kappa shape index (κ2) is 9.81. The number of halogens is 3. The molecule has 3 saturated heterocycles. The molecule has 0 saturated carbocycles. The Hall–Kier alpha value is -4.03.